The van der Waals surface area contributed by atoms with E-state index in [1.54, 1.807) is 32.1 Å². The predicted molar refractivity (Wildman–Crippen MR) is 148 cm³/mol. The Bertz CT molecular complexity index is 1500. The van der Waals surface area contributed by atoms with Crippen LogP contribution in [0, 0.1) is 13.8 Å². The van der Waals surface area contributed by atoms with Crippen molar-refractivity contribution in [2.24, 2.45) is 5.73 Å². The quantitative estimate of drug-likeness (QED) is 0.346. The highest BCUT2D eigenvalue weighted by molar-refractivity contribution is 7.95. The minimum atomic E-state index is -4.15. The normalized spacial score (nSPS) is 19.1. The van der Waals surface area contributed by atoms with Gasteiger partial charge in [0.1, 0.15) is 11.5 Å². The summed E-state index contributed by atoms with van der Waals surface area (Å²) in [6.45, 7) is 7.86. The number of carbonyl (C=O) groups is 1. The first-order valence-corrected chi connectivity index (χ1v) is 14.4. The van der Waals surface area contributed by atoms with Crippen molar-refractivity contribution >= 4 is 33.4 Å². The summed E-state index contributed by atoms with van der Waals surface area (Å²) in [6, 6.07) is 7.49. The molecule has 1 aromatic carbocycles. The molecule has 11 heteroatoms. The van der Waals surface area contributed by atoms with Gasteiger partial charge >= 0.3 is 0 Å². The maximum Gasteiger partial charge on any atom is 0.267 e. The molecule has 3 aromatic rings. The highest BCUT2D eigenvalue weighted by Crippen LogP contribution is 2.44. The van der Waals surface area contributed by atoms with Crippen LogP contribution in [-0.4, -0.2) is 33.2 Å². The van der Waals surface area contributed by atoms with E-state index in [2.05, 4.69) is 21.8 Å². The number of primary amides is 1. The van der Waals surface area contributed by atoms with Crippen LogP contribution in [-0.2, 0) is 29.4 Å². The van der Waals surface area contributed by atoms with Crippen molar-refractivity contribution in [3.8, 4) is 0 Å². The zero-order valence-electron chi connectivity index (χ0n) is 21.9. The Morgan fingerprint density at radius 2 is 1.92 bits per heavy atom. The van der Waals surface area contributed by atoms with E-state index in [4.69, 9.17) is 21.9 Å². The molecule has 0 radical (unpaired) electrons. The van der Waals surface area contributed by atoms with Crippen molar-refractivity contribution in [1.29, 1.82) is 0 Å². The fraction of sp³-hybridized carbons (Fsp3) is 0.370. The summed E-state index contributed by atoms with van der Waals surface area (Å²) in [4.78, 5) is 16.9. The fourth-order valence-electron chi connectivity index (χ4n) is 4.58. The minimum absolute atomic E-state index is 0.0412. The molecule has 202 valence electrons. The Labute approximate surface area is 227 Å². The number of benzene rings is 1. The van der Waals surface area contributed by atoms with Crippen LogP contribution in [0.25, 0.3) is 0 Å². The Hall–Kier alpha value is -3.37. The summed E-state index contributed by atoms with van der Waals surface area (Å²) < 4.78 is 34.7. The van der Waals surface area contributed by atoms with Crippen LogP contribution < -0.4 is 10.5 Å². The van der Waals surface area contributed by atoms with Gasteiger partial charge in [0, 0.05) is 24.4 Å². The fourth-order valence-corrected chi connectivity index (χ4v) is 6.36. The molecule has 3 N–H and O–H groups in total. The summed E-state index contributed by atoms with van der Waals surface area (Å²) >= 11 is 6.86. The Balaban J connectivity index is 1.64. The number of imidazole rings is 1. The van der Waals surface area contributed by atoms with E-state index in [0.717, 1.165) is 24.2 Å². The number of nitrogens with zero attached hydrogens (tertiary/aromatic N) is 3. The van der Waals surface area contributed by atoms with Gasteiger partial charge in [-0.05, 0) is 43.9 Å². The summed E-state index contributed by atoms with van der Waals surface area (Å²) in [6.07, 6.45) is 8.81. The number of hydrogen-bond donors (Lipinski definition) is 2. The molecule has 2 aromatic heterocycles. The number of carbonyl (C=O) groups excluding carboxylic acids is 1. The Kier molecular flexibility index (Phi) is 7.85. The second kappa shape index (κ2) is 10.8. The van der Waals surface area contributed by atoms with Gasteiger partial charge < -0.3 is 14.8 Å². The van der Waals surface area contributed by atoms with Gasteiger partial charge in [0.05, 0.1) is 11.4 Å². The van der Waals surface area contributed by atoms with E-state index in [1.807, 2.05) is 35.8 Å². The first-order valence-electron chi connectivity index (χ1n) is 12.5. The van der Waals surface area contributed by atoms with Crippen LogP contribution in [0.15, 0.2) is 53.1 Å². The van der Waals surface area contributed by atoms with Gasteiger partial charge in [-0.3, -0.25) is 4.79 Å². The second-order valence-electron chi connectivity index (χ2n) is 9.37. The van der Waals surface area contributed by atoms with E-state index in [-0.39, 0.29) is 5.88 Å². The molecule has 0 fully saturated rings. The third-order valence-electron chi connectivity index (χ3n) is 6.80. The molecule has 9 nitrogen and oxygen atoms in total. The third-order valence-corrected chi connectivity index (χ3v) is 9.44. The maximum absolute atomic E-state index is 13.5. The number of anilines is 1. The number of sulfonamides is 1. The number of rotatable bonds is 10. The molecule has 2 heterocycles. The van der Waals surface area contributed by atoms with Crippen molar-refractivity contribution in [2.75, 3.05) is 4.72 Å². The van der Waals surface area contributed by atoms with Crippen LogP contribution in [0.3, 0.4) is 0 Å². The highest BCUT2D eigenvalue weighted by atomic mass is 35.5. The van der Waals surface area contributed by atoms with Gasteiger partial charge in [-0.1, -0.05) is 73.1 Å². The van der Waals surface area contributed by atoms with Gasteiger partial charge in [0.2, 0.25) is 5.88 Å². The van der Waals surface area contributed by atoms with Crippen LogP contribution in [0.4, 0.5) is 5.88 Å². The molecular weight excluding hydrogens is 526 g/mol. The molecule has 0 spiro atoms. The van der Waals surface area contributed by atoms with Gasteiger partial charge in [-0.2, -0.15) is 0 Å². The largest absolute Gasteiger partial charge is 0.364 e. The van der Waals surface area contributed by atoms with E-state index in [0.29, 0.717) is 41.2 Å². The molecule has 38 heavy (non-hydrogen) atoms. The van der Waals surface area contributed by atoms with Crippen molar-refractivity contribution in [3.63, 3.8) is 0 Å². The Morgan fingerprint density at radius 3 is 2.50 bits per heavy atom. The predicted octanol–water partition coefficient (Wildman–Crippen LogP) is 4.74. The Morgan fingerprint density at radius 1 is 1.21 bits per heavy atom. The van der Waals surface area contributed by atoms with Crippen LogP contribution >= 0.6 is 11.6 Å². The zero-order valence-corrected chi connectivity index (χ0v) is 23.4. The molecule has 1 aliphatic rings. The molecule has 0 aliphatic heterocycles. The van der Waals surface area contributed by atoms with E-state index < -0.39 is 26.1 Å². The summed E-state index contributed by atoms with van der Waals surface area (Å²) in [5, 5.41) is 3.82. The molecule has 1 aliphatic carbocycles. The van der Waals surface area contributed by atoms with Gasteiger partial charge in [0.25, 0.3) is 15.9 Å². The monoisotopic (exact) mass is 557 g/mol. The second-order valence-corrected chi connectivity index (χ2v) is 12.1. The molecular formula is C27H32ClN5O4S. The standard InChI is InChI=1S/C27H32ClN5O4S/c1-5-9-23-30-22(6-2)24(25(29)34)33(23)16-19-11-13-20(14-12-19)21-10-7-8-15-27(21,28)38(35,36)32-26-17(3)18(4)31-37-26/h7-8,10-15,21,32H,5-6,9,16H2,1-4H3,(H2,29,34). The number of hydrogen-bond acceptors (Lipinski definition) is 6. The van der Waals surface area contributed by atoms with Gasteiger partial charge in [-0.15, -0.1) is 0 Å². The number of nitrogens with one attached hydrogen (secondary N) is 1. The minimum Gasteiger partial charge on any atom is -0.364 e. The van der Waals surface area contributed by atoms with Crippen molar-refractivity contribution in [2.45, 2.75) is 63.6 Å². The average molecular weight is 558 g/mol. The molecule has 1 amide bonds. The van der Waals surface area contributed by atoms with E-state index >= 15 is 0 Å². The van der Waals surface area contributed by atoms with Crippen molar-refractivity contribution in [3.05, 3.63) is 88.2 Å². The first-order chi connectivity index (χ1) is 18.0. The molecule has 2 unspecified atom stereocenters. The maximum atomic E-state index is 13.5. The molecule has 4 rings (SSSR count). The lowest BCUT2D eigenvalue weighted by molar-refractivity contribution is 0.0990. The lowest BCUT2D eigenvalue weighted by atomic mass is 9.91. The average Bonchev–Trinajstić information content (AvgIpc) is 3.39. The van der Waals surface area contributed by atoms with Crippen molar-refractivity contribution < 1.29 is 17.7 Å². The zero-order chi connectivity index (χ0) is 27.7. The van der Waals surface area contributed by atoms with E-state index in [1.165, 1.54) is 6.08 Å². The van der Waals surface area contributed by atoms with Gasteiger partial charge in [0.15, 0.2) is 4.21 Å². The number of alkyl halides is 1. The lowest BCUT2D eigenvalue weighted by Gasteiger charge is -2.32. The first kappa shape index (κ1) is 27.7. The molecule has 0 bridgehead atoms. The highest BCUT2D eigenvalue weighted by Gasteiger charge is 2.48. The number of amides is 1. The van der Waals surface area contributed by atoms with Crippen LogP contribution in [0.1, 0.15) is 70.6 Å². The number of nitrogens with two attached hydrogens (primary N) is 1. The van der Waals surface area contributed by atoms with Crippen LogP contribution in [0.2, 0.25) is 0 Å². The van der Waals surface area contributed by atoms with Crippen LogP contribution in [0.5, 0.6) is 0 Å². The smallest absolute Gasteiger partial charge is 0.267 e. The number of aryl methyl sites for hydroxylation is 3. The SMILES string of the molecule is CCCc1nc(CC)c(C(N)=O)n1Cc1ccc(C2C=CC=CC2(Cl)S(=O)(=O)Nc2onc(C)c2C)cc1. The molecule has 0 saturated carbocycles. The van der Waals surface area contributed by atoms with Crippen molar-refractivity contribution in [1.82, 2.24) is 14.7 Å². The number of halogens is 1. The summed E-state index contributed by atoms with van der Waals surface area (Å²) in [5.74, 6) is -0.326. The molecule has 0 saturated heterocycles. The third kappa shape index (κ3) is 5.02. The summed E-state index contributed by atoms with van der Waals surface area (Å²) in [5.41, 5.74) is 9.63. The number of allylic oxidation sites excluding steroid dienone is 3. The molecule has 2 atom stereocenters. The van der Waals surface area contributed by atoms with Gasteiger partial charge in [-0.25, -0.2) is 18.1 Å². The summed E-state index contributed by atoms with van der Waals surface area (Å²) in [7, 11) is -4.15. The van der Waals surface area contributed by atoms with E-state index in [9.17, 15) is 13.2 Å². The topological polar surface area (TPSA) is 133 Å². The number of aromatic nitrogens is 3. The lowest BCUT2D eigenvalue weighted by Crippen LogP contribution is -2.41.